The second-order valence-electron chi connectivity index (χ2n) is 5.95. The van der Waals surface area contributed by atoms with E-state index in [1.54, 1.807) is 23.0 Å². The molecule has 4 aromatic rings. The van der Waals surface area contributed by atoms with Crippen LogP contribution >= 0.6 is 0 Å². The lowest BCUT2D eigenvalue weighted by atomic mass is 10.0. The third kappa shape index (κ3) is 2.93. The minimum atomic E-state index is -0.403. The molecule has 26 heavy (non-hydrogen) atoms. The van der Waals surface area contributed by atoms with E-state index >= 15 is 0 Å². The molecule has 0 bridgehead atoms. The van der Waals surface area contributed by atoms with Gasteiger partial charge in [-0.2, -0.15) is 0 Å². The highest BCUT2D eigenvalue weighted by Crippen LogP contribution is 2.26. The second kappa shape index (κ2) is 6.40. The van der Waals surface area contributed by atoms with Gasteiger partial charge >= 0.3 is 0 Å². The van der Waals surface area contributed by atoms with Crippen LogP contribution < -0.4 is 5.32 Å². The average molecular weight is 346 g/mol. The molecule has 0 aliphatic heterocycles. The number of aromatic nitrogens is 3. The number of hydrogen-bond donors (Lipinski definition) is 1. The molecule has 0 aliphatic carbocycles. The van der Waals surface area contributed by atoms with Crippen molar-refractivity contribution in [1.82, 2.24) is 14.4 Å². The van der Waals surface area contributed by atoms with Crippen molar-refractivity contribution in [3.8, 4) is 11.1 Å². The van der Waals surface area contributed by atoms with Crippen molar-refractivity contribution in [2.75, 3.05) is 5.32 Å². The molecule has 6 heteroatoms. The fourth-order valence-corrected chi connectivity index (χ4v) is 2.79. The summed E-state index contributed by atoms with van der Waals surface area (Å²) in [5.41, 5.74) is 4.13. The SMILES string of the molecule is Cc1ccc(-c2cncc(F)c2)cc1NC(=O)c1cnc2ccccn12. The highest BCUT2D eigenvalue weighted by atomic mass is 19.1. The van der Waals surface area contributed by atoms with E-state index in [4.69, 9.17) is 0 Å². The van der Waals surface area contributed by atoms with Crippen LogP contribution in [0.4, 0.5) is 10.1 Å². The zero-order valence-electron chi connectivity index (χ0n) is 14.0. The number of rotatable bonds is 3. The molecule has 0 spiro atoms. The van der Waals surface area contributed by atoms with Gasteiger partial charge in [0.05, 0.1) is 12.4 Å². The van der Waals surface area contributed by atoms with Crippen LogP contribution in [-0.2, 0) is 0 Å². The summed E-state index contributed by atoms with van der Waals surface area (Å²) in [5, 5.41) is 2.92. The first-order chi connectivity index (χ1) is 12.6. The van der Waals surface area contributed by atoms with Gasteiger partial charge in [-0.3, -0.25) is 14.2 Å². The molecule has 1 N–H and O–H groups in total. The number of hydrogen-bond acceptors (Lipinski definition) is 3. The van der Waals surface area contributed by atoms with Gasteiger partial charge in [0, 0.05) is 23.6 Å². The number of pyridine rings is 2. The minimum Gasteiger partial charge on any atom is -0.320 e. The standard InChI is InChI=1S/C20H15FN4O/c1-13-5-6-14(15-8-16(21)11-22-10-15)9-17(13)24-20(26)18-12-23-19-4-2-3-7-25(18)19/h2-12H,1H3,(H,24,26). The van der Waals surface area contributed by atoms with Crippen LogP contribution in [0.2, 0.25) is 0 Å². The Labute approximate surface area is 149 Å². The lowest BCUT2D eigenvalue weighted by molar-refractivity contribution is 0.102. The quantitative estimate of drug-likeness (QED) is 0.608. The lowest BCUT2D eigenvalue weighted by Crippen LogP contribution is -2.15. The Kier molecular flexibility index (Phi) is 3.93. The van der Waals surface area contributed by atoms with Gasteiger partial charge in [-0.05, 0) is 42.3 Å². The Morgan fingerprint density at radius 2 is 1.96 bits per heavy atom. The number of amides is 1. The third-order valence-corrected chi connectivity index (χ3v) is 4.17. The summed E-state index contributed by atoms with van der Waals surface area (Å²) in [5.74, 6) is -0.666. The number of nitrogens with zero attached hydrogens (tertiary/aromatic N) is 3. The Hall–Kier alpha value is -3.54. The van der Waals surface area contributed by atoms with Crippen molar-refractivity contribution in [3.63, 3.8) is 0 Å². The van der Waals surface area contributed by atoms with E-state index in [2.05, 4.69) is 15.3 Å². The van der Waals surface area contributed by atoms with Gasteiger partial charge in [-0.15, -0.1) is 0 Å². The molecular weight excluding hydrogens is 331 g/mol. The Balaban J connectivity index is 1.67. The average Bonchev–Trinajstić information content (AvgIpc) is 3.08. The predicted octanol–water partition coefficient (Wildman–Crippen LogP) is 4.10. The molecule has 3 aromatic heterocycles. The van der Waals surface area contributed by atoms with Gasteiger partial charge in [0.15, 0.2) is 0 Å². The first-order valence-corrected chi connectivity index (χ1v) is 8.07. The summed E-state index contributed by atoms with van der Waals surface area (Å²) < 4.78 is 15.2. The van der Waals surface area contributed by atoms with E-state index < -0.39 is 5.82 Å². The van der Waals surface area contributed by atoms with E-state index in [-0.39, 0.29) is 5.91 Å². The van der Waals surface area contributed by atoms with Crippen LogP contribution in [0.5, 0.6) is 0 Å². The number of aryl methyl sites for hydroxylation is 1. The summed E-state index contributed by atoms with van der Waals surface area (Å²) >= 11 is 0. The molecule has 0 unspecified atom stereocenters. The largest absolute Gasteiger partial charge is 0.320 e. The Bertz CT molecular complexity index is 1120. The van der Waals surface area contributed by atoms with Crippen LogP contribution in [0.1, 0.15) is 16.1 Å². The van der Waals surface area contributed by atoms with E-state index in [0.717, 1.165) is 17.3 Å². The first kappa shape index (κ1) is 16.0. The Morgan fingerprint density at radius 1 is 1.08 bits per heavy atom. The summed E-state index contributed by atoms with van der Waals surface area (Å²) in [4.78, 5) is 20.8. The molecule has 1 amide bonds. The summed E-state index contributed by atoms with van der Waals surface area (Å²) in [6.07, 6.45) is 6.08. The number of carbonyl (C=O) groups excluding carboxylic acids is 1. The second-order valence-corrected chi connectivity index (χ2v) is 5.95. The maximum absolute atomic E-state index is 13.4. The van der Waals surface area contributed by atoms with Gasteiger partial charge in [-0.25, -0.2) is 9.37 Å². The molecule has 128 valence electrons. The molecule has 4 rings (SSSR count). The van der Waals surface area contributed by atoms with Gasteiger partial charge in [0.25, 0.3) is 5.91 Å². The van der Waals surface area contributed by atoms with E-state index in [1.165, 1.54) is 6.07 Å². The zero-order valence-corrected chi connectivity index (χ0v) is 14.0. The number of nitrogens with one attached hydrogen (secondary N) is 1. The van der Waals surface area contributed by atoms with Gasteiger partial charge in [-0.1, -0.05) is 18.2 Å². The third-order valence-electron chi connectivity index (χ3n) is 4.17. The minimum absolute atomic E-state index is 0.263. The van der Waals surface area contributed by atoms with Crippen molar-refractivity contribution in [3.05, 3.63) is 84.3 Å². The van der Waals surface area contributed by atoms with Crippen LogP contribution in [0.25, 0.3) is 16.8 Å². The highest BCUT2D eigenvalue weighted by Gasteiger charge is 2.13. The summed E-state index contributed by atoms with van der Waals surface area (Å²) in [6, 6.07) is 12.5. The zero-order chi connectivity index (χ0) is 18.1. The van der Waals surface area contributed by atoms with Crippen LogP contribution in [0.3, 0.4) is 0 Å². The molecule has 0 aliphatic rings. The normalized spacial score (nSPS) is 10.8. The van der Waals surface area contributed by atoms with Gasteiger partial charge < -0.3 is 5.32 Å². The molecule has 0 saturated carbocycles. The predicted molar refractivity (Wildman–Crippen MR) is 97.5 cm³/mol. The Morgan fingerprint density at radius 3 is 2.81 bits per heavy atom. The number of imidazole rings is 1. The number of anilines is 1. The number of fused-ring (bicyclic) bond motifs is 1. The summed E-state index contributed by atoms with van der Waals surface area (Å²) in [6.45, 7) is 1.90. The van der Waals surface area contributed by atoms with E-state index in [1.807, 2.05) is 43.3 Å². The molecule has 3 heterocycles. The molecular formula is C20H15FN4O. The highest BCUT2D eigenvalue weighted by molar-refractivity contribution is 6.04. The van der Waals surface area contributed by atoms with Crippen molar-refractivity contribution < 1.29 is 9.18 Å². The molecule has 1 aromatic carbocycles. The first-order valence-electron chi connectivity index (χ1n) is 8.07. The van der Waals surface area contributed by atoms with Crippen LogP contribution in [-0.4, -0.2) is 20.3 Å². The fourth-order valence-electron chi connectivity index (χ4n) is 2.79. The smallest absolute Gasteiger partial charge is 0.274 e. The van der Waals surface area contributed by atoms with Crippen molar-refractivity contribution in [2.45, 2.75) is 6.92 Å². The molecule has 0 atom stereocenters. The molecule has 0 radical (unpaired) electrons. The van der Waals surface area contributed by atoms with Crippen LogP contribution in [0, 0.1) is 12.7 Å². The molecule has 0 saturated heterocycles. The fraction of sp³-hybridized carbons (Fsp3) is 0.0500. The topological polar surface area (TPSA) is 59.3 Å². The molecule has 5 nitrogen and oxygen atoms in total. The maximum Gasteiger partial charge on any atom is 0.274 e. The number of carbonyl (C=O) groups is 1. The van der Waals surface area contributed by atoms with Gasteiger partial charge in [0.1, 0.15) is 17.2 Å². The summed E-state index contributed by atoms with van der Waals surface area (Å²) in [7, 11) is 0. The van der Waals surface area contributed by atoms with Gasteiger partial charge in [0.2, 0.25) is 0 Å². The van der Waals surface area contributed by atoms with Crippen LogP contribution in [0.15, 0.2) is 67.3 Å². The monoisotopic (exact) mass is 346 g/mol. The van der Waals surface area contributed by atoms with E-state index in [9.17, 15) is 9.18 Å². The maximum atomic E-state index is 13.4. The molecule has 0 fully saturated rings. The van der Waals surface area contributed by atoms with Crippen molar-refractivity contribution >= 4 is 17.2 Å². The van der Waals surface area contributed by atoms with Crippen molar-refractivity contribution in [1.29, 1.82) is 0 Å². The number of benzene rings is 1. The lowest BCUT2D eigenvalue weighted by Gasteiger charge is -2.11. The van der Waals surface area contributed by atoms with E-state index in [0.29, 0.717) is 22.6 Å². The number of halogens is 1. The van der Waals surface area contributed by atoms with Crippen molar-refractivity contribution in [2.24, 2.45) is 0 Å².